The van der Waals surface area contributed by atoms with Crippen LogP contribution in [-0.4, -0.2) is 34.9 Å². The topological polar surface area (TPSA) is 66.2 Å². The molecule has 0 radical (unpaired) electrons. The first-order chi connectivity index (χ1) is 11.5. The zero-order valence-electron chi connectivity index (χ0n) is 13.2. The molecule has 3 aliphatic rings. The van der Waals surface area contributed by atoms with Crippen LogP contribution in [0.25, 0.3) is 0 Å². The first-order valence-corrected chi connectivity index (χ1v) is 8.10. The highest BCUT2D eigenvalue weighted by molar-refractivity contribution is 5.84. The third-order valence-corrected chi connectivity index (χ3v) is 5.55. The number of alkyl halides is 2. The van der Waals surface area contributed by atoms with E-state index in [1.807, 2.05) is 6.07 Å². The number of nitrogens with zero attached hydrogens (tertiary/aromatic N) is 3. The highest BCUT2D eigenvalue weighted by atomic mass is 19.3. The maximum Gasteiger partial charge on any atom is 0.252 e. The van der Waals surface area contributed by atoms with E-state index >= 15 is 0 Å². The van der Waals surface area contributed by atoms with Crippen LogP contribution in [0.5, 0.6) is 5.75 Å². The van der Waals surface area contributed by atoms with Crippen LogP contribution in [0.15, 0.2) is 12.4 Å². The normalized spacial score (nSPS) is 27.2. The molecule has 4 rings (SSSR count). The van der Waals surface area contributed by atoms with Gasteiger partial charge in [0.05, 0.1) is 12.6 Å². The summed E-state index contributed by atoms with van der Waals surface area (Å²) in [5.41, 5.74) is -0.684. The fourth-order valence-corrected chi connectivity index (χ4v) is 3.92. The second kappa shape index (κ2) is 5.13. The number of likely N-dealkylation sites (tertiary alicyclic amines) is 1. The fourth-order valence-electron chi connectivity index (χ4n) is 3.92. The summed E-state index contributed by atoms with van der Waals surface area (Å²) in [6.07, 6.45) is 1.93. The second-order valence-corrected chi connectivity index (χ2v) is 7.02. The molecule has 1 aromatic rings. The van der Waals surface area contributed by atoms with Gasteiger partial charge in [-0.25, -0.2) is 8.78 Å². The maximum absolute atomic E-state index is 13.7. The summed E-state index contributed by atoms with van der Waals surface area (Å²) in [7, 11) is 0. The van der Waals surface area contributed by atoms with E-state index in [1.54, 1.807) is 6.20 Å². The van der Waals surface area contributed by atoms with Gasteiger partial charge in [0.2, 0.25) is 5.91 Å². The van der Waals surface area contributed by atoms with Gasteiger partial charge in [-0.2, -0.15) is 5.26 Å². The number of pyridine rings is 1. The lowest BCUT2D eigenvalue weighted by Gasteiger charge is -2.35. The molecule has 2 aliphatic heterocycles. The Bertz CT molecular complexity index is 740. The van der Waals surface area contributed by atoms with Gasteiger partial charge in [-0.3, -0.25) is 9.78 Å². The van der Waals surface area contributed by atoms with Gasteiger partial charge in [0.1, 0.15) is 28.9 Å². The number of nitriles is 1. The average molecular weight is 333 g/mol. The van der Waals surface area contributed by atoms with Crippen molar-refractivity contribution in [2.75, 3.05) is 6.54 Å². The maximum atomic E-state index is 13.7. The van der Waals surface area contributed by atoms with Gasteiger partial charge in [-0.15, -0.1) is 0 Å². The van der Waals surface area contributed by atoms with E-state index in [0.29, 0.717) is 36.1 Å². The molecular formula is C17H17F2N3O2. The molecule has 2 fully saturated rings. The van der Waals surface area contributed by atoms with Crippen molar-refractivity contribution in [2.24, 2.45) is 11.3 Å². The van der Waals surface area contributed by atoms with Crippen molar-refractivity contribution in [3.05, 3.63) is 23.5 Å². The number of halogens is 2. The molecule has 2 bridgehead atoms. The van der Waals surface area contributed by atoms with Crippen LogP contribution in [0.4, 0.5) is 8.78 Å². The number of hydrogen-bond acceptors (Lipinski definition) is 4. The summed E-state index contributed by atoms with van der Waals surface area (Å²) in [5.74, 6) is -0.324. The average Bonchev–Trinajstić information content (AvgIpc) is 3.37. The molecule has 1 saturated heterocycles. The van der Waals surface area contributed by atoms with Gasteiger partial charge in [-0.1, -0.05) is 0 Å². The molecule has 1 amide bonds. The molecule has 7 heteroatoms. The quantitative estimate of drug-likeness (QED) is 0.853. The third kappa shape index (κ3) is 2.02. The molecule has 1 aromatic heterocycles. The van der Waals surface area contributed by atoms with Crippen molar-refractivity contribution >= 4 is 5.91 Å². The number of ether oxygens (including phenoxy) is 1. The molecule has 1 aliphatic carbocycles. The zero-order chi connectivity index (χ0) is 17.1. The van der Waals surface area contributed by atoms with E-state index < -0.39 is 17.7 Å². The lowest BCUT2D eigenvalue weighted by atomic mass is 9.83. The van der Waals surface area contributed by atoms with Crippen LogP contribution in [0.3, 0.4) is 0 Å². The summed E-state index contributed by atoms with van der Waals surface area (Å²) in [5, 5.41) is 9.19. The molecule has 0 aromatic carbocycles. The monoisotopic (exact) mass is 333 g/mol. The minimum atomic E-state index is -2.69. The van der Waals surface area contributed by atoms with Gasteiger partial charge >= 0.3 is 0 Å². The van der Waals surface area contributed by atoms with E-state index in [2.05, 4.69) is 4.98 Å². The molecule has 0 spiro atoms. The van der Waals surface area contributed by atoms with Crippen LogP contribution in [-0.2, 0) is 4.79 Å². The molecule has 1 saturated carbocycles. The van der Waals surface area contributed by atoms with Crippen LogP contribution in [0.2, 0.25) is 0 Å². The number of carbonyl (C=O) groups excluding carboxylic acids is 1. The van der Waals surface area contributed by atoms with Crippen LogP contribution in [0.1, 0.15) is 43.4 Å². The van der Waals surface area contributed by atoms with Crippen LogP contribution in [0, 0.1) is 22.7 Å². The number of amides is 1. The molecule has 5 nitrogen and oxygen atoms in total. The summed E-state index contributed by atoms with van der Waals surface area (Å²) >= 11 is 0. The van der Waals surface area contributed by atoms with Crippen molar-refractivity contribution in [1.29, 1.82) is 5.26 Å². The van der Waals surface area contributed by atoms with Gasteiger partial charge in [0.25, 0.3) is 6.43 Å². The number of rotatable bonds is 3. The summed E-state index contributed by atoms with van der Waals surface area (Å²) in [6.45, 7) is 1.66. The molecule has 3 heterocycles. The van der Waals surface area contributed by atoms with Crippen molar-refractivity contribution in [3.8, 4) is 11.8 Å². The lowest BCUT2D eigenvalue weighted by molar-refractivity contribution is -0.154. The van der Waals surface area contributed by atoms with Crippen molar-refractivity contribution in [3.63, 3.8) is 0 Å². The standard InChI is InChI=1S/C17H17F2N3O2/c1-17(15(18)19,10-2-3-10)16(23)22-8-11-4-13(22)12-7-21-6-9(5-20)14(12)24-11/h6-7,10-11,13,15H,2-4,8H2,1H3/t11-,13-,17-/m0/s1. The van der Waals surface area contributed by atoms with E-state index in [-0.39, 0.29) is 24.6 Å². The Balaban J connectivity index is 1.71. The fraction of sp³-hybridized carbons (Fsp3) is 0.588. The summed E-state index contributed by atoms with van der Waals surface area (Å²) in [6, 6.07) is 1.69. The van der Waals surface area contributed by atoms with Gasteiger partial charge in [0.15, 0.2) is 0 Å². The first-order valence-electron chi connectivity index (χ1n) is 8.10. The summed E-state index contributed by atoms with van der Waals surface area (Å²) in [4.78, 5) is 18.6. The van der Waals surface area contributed by atoms with E-state index in [0.717, 1.165) is 0 Å². The minimum Gasteiger partial charge on any atom is -0.487 e. The number of carbonyl (C=O) groups is 1. The number of fused-ring (bicyclic) bond motifs is 4. The molecule has 126 valence electrons. The Hall–Kier alpha value is -2.23. The molecule has 3 atom stereocenters. The predicted octanol–water partition coefficient (Wildman–Crippen LogP) is 2.67. The molecule has 24 heavy (non-hydrogen) atoms. The van der Waals surface area contributed by atoms with Gasteiger partial charge < -0.3 is 9.64 Å². The largest absolute Gasteiger partial charge is 0.487 e. The van der Waals surface area contributed by atoms with Crippen molar-refractivity contribution < 1.29 is 18.3 Å². The highest BCUT2D eigenvalue weighted by Crippen LogP contribution is 2.53. The Kier molecular flexibility index (Phi) is 3.27. The lowest BCUT2D eigenvalue weighted by Crippen LogP contribution is -2.47. The van der Waals surface area contributed by atoms with Crippen molar-refractivity contribution in [2.45, 2.75) is 44.8 Å². The zero-order valence-corrected chi connectivity index (χ0v) is 13.2. The van der Waals surface area contributed by atoms with E-state index in [9.17, 15) is 18.8 Å². The van der Waals surface area contributed by atoms with Crippen molar-refractivity contribution in [1.82, 2.24) is 9.88 Å². The predicted molar refractivity (Wildman–Crippen MR) is 79.3 cm³/mol. The molecule has 0 N–H and O–H groups in total. The highest BCUT2D eigenvalue weighted by Gasteiger charge is 2.57. The first kappa shape index (κ1) is 15.3. The molecule has 0 unspecified atom stereocenters. The third-order valence-electron chi connectivity index (χ3n) is 5.55. The smallest absolute Gasteiger partial charge is 0.252 e. The van der Waals surface area contributed by atoms with E-state index in [1.165, 1.54) is 18.0 Å². The second-order valence-electron chi connectivity index (χ2n) is 7.02. The van der Waals surface area contributed by atoms with Crippen LogP contribution >= 0.6 is 0 Å². The van der Waals surface area contributed by atoms with Gasteiger partial charge in [0, 0.05) is 24.4 Å². The number of hydrogen-bond donors (Lipinski definition) is 0. The SMILES string of the molecule is C[C@@](C(=O)N1C[C@@H]2C[C@H]1c1cncc(C#N)c1O2)(C(F)F)C1CC1. The Morgan fingerprint density at radius 2 is 2.25 bits per heavy atom. The van der Waals surface area contributed by atoms with Gasteiger partial charge in [-0.05, 0) is 25.7 Å². The van der Waals surface area contributed by atoms with E-state index in [4.69, 9.17) is 4.74 Å². The molecular weight excluding hydrogens is 316 g/mol. The Morgan fingerprint density at radius 3 is 2.88 bits per heavy atom. The Labute approximate surface area is 138 Å². The minimum absolute atomic E-state index is 0.255. The summed E-state index contributed by atoms with van der Waals surface area (Å²) < 4.78 is 33.2. The Morgan fingerprint density at radius 1 is 1.50 bits per heavy atom. The van der Waals surface area contributed by atoms with Crippen LogP contribution < -0.4 is 4.74 Å². The number of aromatic nitrogens is 1.